The van der Waals surface area contributed by atoms with Crippen LogP contribution in [0.3, 0.4) is 0 Å². The lowest BCUT2D eigenvalue weighted by molar-refractivity contribution is -0.139. The highest BCUT2D eigenvalue weighted by Crippen LogP contribution is 2.58. The lowest BCUT2D eigenvalue weighted by Crippen LogP contribution is -2.53. The van der Waals surface area contributed by atoms with E-state index < -0.39 is 11.5 Å². The highest BCUT2D eigenvalue weighted by molar-refractivity contribution is 8.04. The van der Waals surface area contributed by atoms with Gasteiger partial charge < -0.3 is 15.0 Å². The van der Waals surface area contributed by atoms with Gasteiger partial charge in [-0.15, -0.1) is 11.8 Å². The van der Waals surface area contributed by atoms with E-state index in [4.69, 9.17) is 4.74 Å². The zero-order chi connectivity index (χ0) is 26.3. The smallest absolute Gasteiger partial charge is 0.330 e. The molecule has 1 aliphatic heterocycles. The summed E-state index contributed by atoms with van der Waals surface area (Å²) < 4.78 is 5.58. The van der Waals surface area contributed by atoms with Gasteiger partial charge in [0.2, 0.25) is 0 Å². The third-order valence-corrected chi connectivity index (χ3v) is 8.95. The lowest BCUT2D eigenvalue weighted by Gasteiger charge is -2.50. The third kappa shape index (κ3) is 4.34. The van der Waals surface area contributed by atoms with Gasteiger partial charge in [-0.3, -0.25) is 9.78 Å². The molecule has 1 saturated carbocycles. The molecule has 1 unspecified atom stereocenters. The van der Waals surface area contributed by atoms with Crippen LogP contribution in [0.4, 0.5) is 11.5 Å². The summed E-state index contributed by atoms with van der Waals surface area (Å²) in [6.07, 6.45) is 10.9. The second-order valence-corrected chi connectivity index (χ2v) is 12.3. The molecule has 38 heavy (non-hydrogen) atoms. The number of ether oxygens (including phenoxy) is 1. The van der Waals surface area contributed by atoms with Crippen LogP contribution < -0.4 is 5.32 Å². The molecule has 1 saturated heterocycles. The second-order valence-electron chi connectivity index (χ2n) is 10.7. The molecule has 1 spiro atoms. The number of pyridine rings is 2. The quantitative estimate of drug-likeness (QED) is 0.375. The van der Waals surface area contributed by atoms with Crippen LogP contribution in [0.5, 0.6) is 0 Å². The Balaban J connectivity index is 1.23. The Kier molecular flexibility index (Phi) is 6.60. The van der Waals surface area contributed by atoms with Gasteiger partial charge in [-0.2, -0.15) is 0 Å². The van der Waals surface area contributed by atoms with Gasteiger partial charge in [0.05, 0.1) is 10.3 Å². The van der Waals surface area contributed by atoms with Crippen molar-refractivity contribution in [3.63, 3.8) is 0 Å². The summed E-state index contributed by atoms with van der Waals surface area (Å²) in [6.45, 7) is 4.44. The van der Waals surface area contributed by atoms with Crippen LogP contribution in [0.1, 0.15) is 51.5 Å². The number of fused-ring (bicyclic) bond motifs is 1. The molecule has 3 aliphatic rings. The summed E-state index contributed by atoms with van der Waals surface area (Å²) in [4.78, 5) is 38.0. The number of thioether (sulfide) groups is 1. The number of hydrogen-bond acceptors (Lipinski definition) is 8. The molecular formula is C30H32N4O3S. The molecule has 1 N–H and O–H groups in total. The molecule has 0 bridgehead atoms. The number of hydrogen-bond donors (Lipinski definition) is 1. The van der Waals surface area contributed by atoms with E-state index >= 15 is 0 Å². The fourth-order valence-electron chi connectivity index (χ4n) is 6.01. The highest BCUT2D eigenvalue weighted by atomic mass is 32.2. The van der Waals surface area contributed by atoms with Gasteiger partial charge in [0.1, 0.15) is 11.9 Å². The van der Waals surface area contributed by atoms with Gasteiger partial charge in [-0.1, -0.05) is 45.2 Å². The van der Waals surface area contributed by atoms with Crippen LogP contribution in [-0.4, -0.2) is 44.6 Å². The van der Waals surface area contributed by atoms with Crippen molar-refractivity contribution in [2.75, 3.05) is 12.0 Å². The standard InChI is InChI=1S/C30H32N4O3S/c1-19(2)38-25-26(30(27(25)35)12-4-3-5-13-30)34-18-37-29(36)24(34)16-20-6-8-22(9-7-20)33-28-23-17-31-14-10-21(23)11-15-32-28/h6-11,14-15,17,19,24H,3-5,12-13,16,18H2,1-2H3,(H,32,33). The number of nitrogens with zero attached hydrogens (tertiary/aromatic N) is 3. The Bertz CT molecular complexity index is 1410. The largest absolute Gasteiger partial charge is 0.443 e. The van der Waals surface area contributed by atoms with Gasteiger partial charge in [0.25, 0.3) is 0 Å². The van der Waals surface area contributed by atoms with Gasteiger partial charge in [0, 0.05) is 47.0 Å². The predicted octanol–water partition coefficient (Wildman–Crippen LogP) is 5.99. The van der Waals surface area contributed by atoms with E-state index in [-0.39, 0.29) is 18.5 Å². The zero-order valence-corrected chi connectivity index (χ0v) is 22.6. The maximum atomic E-state index is 13.4. The first kappa shape index (κ1) is 24.9. The van der Waals surface area contributed by atoms with E-state index in [2.05, 4.69) is 34.0 Å². The first-order valence-electron chi connectivity index (χ1n) is 13.4. The Morgan fingerprint density at radius 2 is 1.84 bits per heavy atom. The molecule has 3 heterocycles. The van der Waals surface area contributed by atoms with Crippen LogP contribution in [-0.2, 0) is 20.7 Å². The fourth-order valence-corrected chi connectivity index (χ4v) is 7.21. The third-order valence-electron chi connectivity index (χ3n) is 7.86. The molecule has 6 rings (SSSR count). The van der Waals surface area contributed by atoms with E-state index in [9.17, 15) is 9.59 Å². The summed E-state index contributed by atoms with van der Waals surface area (Å²) >= 11 is 1.63. The number of cyclic esters (lactones) is 1. The van der Waals surface area contributed by atoms with E-state index in [1.54, 1.807) is 24.2 Å². The molecule has 7 nitrogen and oxygen atoms in total. The number of nitrogens with one attached hydrogen (secondary N) is 1. The molecule has 2 aliphatic carbocycles. The summed E-state index contributed by atoms with van der Waals surface area (Å²) in [5.74, 6) is 0.812. The summed E-state index contributed by atoms with van der Waals surface area (Å²) in [5, 5.41) is 5.72. The minimum atomic E-state index is -0.435. The molecule has 8 heteroatoms. The molecule has 3 aromatic rings. The van der Waals surface area contributed by atoms with Crippen molar-refractivity contribution in [1.82, 2.24) is 14.9 Å². The monoisotopic (exact) mass is 528 g/mol. The predicted molar refractivity (Wildman–Crippen MR) is 150 cm³/mol. The average molecular weight is 529 g/mol. The van der Waals surface area contributed by atoms with Gasteiger partial charge in [-0.25, -0.2) is 9.78 Å². The zero-order valence-electron chi connectivity index (χ0n) is 21.8. The van der Waals surface area contributed by atoms with Crippen molar-refractivity contribution in [2.45, 2.75) is 63.7 Å². The van der Waals surface area contributed by atoms with Crippen LogP contribution >= 0.6 is 11.8 Å². The number of benzene rings is 1. The summed E-state index contributed by atoms with van der Waals surface area (Å²) in [5.41, 5.74) is 2.58. The first-order chi connectivity index (χ1) is 18.5. The highest BCUT2D eigenvalue weighted by Gasteiger charge is 2.58. The number of allylic oxidation sites excluding steroid dienone is 2. The second kappa shape index (κ2) is 10.1. The number of rotatable bonds is 7. The Morgan fingerprint density at radius 1 is 1.08 bits per heavy atom. The molecular weight excluding hydrogens is 496 g/mol. The SMILES string of the molecule is CC(C)SC1=C(N2COC(=O)C2Cc2ccc(Nc3nccc4ccncc34)cc2)C2(CCCCC2)C1=O. The minimum absolute atomic E-state index is 0.216. The van der Waals surface area contributed by atoms with E-state index in [1.807, 2.05) is 42.6 Å². The Morgan fingerprint density at radius 3 is 2.61 bits per heavy atom. The maximum Gasteiger partial charge on any atom is 0.330 e. The molecule has 1 atom stereocenters. The van der Waals surface area contributed by atoms with Crippen molar-refractivity contribution in [3.05, 3.63) is 71.2 Å². The number of carbonyl (C=O) groups is 2. The van der Waals surface area contributed by atoms with Crippen molar-refractivity contribution in [2.24, 2.45) is 5.41 Å². The van der Waals surface area contributed by atoms with Crippen molar-refractivity contribution < 1.29 is 14.3 Å². The van der Waals surface area contributed by atoms with Gasteiger partial charge in [-0.05, 0) is 48.1 Å². The first-order valence-corrected chi connectivity index (χ1v) is 14.3. The average Bonchev–Trinajstić information content (AvgIpc) is 3.28. The Hall–Kier alpha value is -3.39. The molecule has 196 valence electrons. The van der Waals surface area contributed by atoms with Crippen LogP contribution in [0.15, 0.2) is 65.6 Å². The van der Waals surface area contributed by atoms with E-state index in [0.29, 0.717) is 11.7 Å². The Labute approximate surface area is 227 Å². The van der Waals surface area contributed by atoms with E-state index in [0.717, 1.165) is 64.1 Å². The minimum Gasteiger partial charge on any atom is -0.443 e. The number of aromatic nitrogens is 2. The molecule has 1 aromatic carbocycles. The maximum absolute atomic E-state index is 13.4. The summed E-state index contributed by atoms with van der Waals surface area (Å²) in [6, 6.07) is 11.6. The number of carbonyl (C=O) groups excluding carboxylic acids is 2. The topological polar surface area (TPSA) is 84.4 Å². The number of anilines is 2. The molecule has 0 radical (unpaired) electrons. The number of esters is 1. The van der Waals surface area contributed by atoms with Crippen LogP contribution in [0.2, 0.25) is 0 Å². The van der Waals surface area contributed by atoms with Crippen LogP contribution in [0, 0.1) is 5.41 Å². The normalized spacial score (nSPS) is 20.8. The van der Waals surface area contributed by atoms with E-state index in [1.165, 1.54) is 6.42 Å². The fraction of sp³-hybridized carbons (Fsp3) is 0.400. The van der Waals surface area contributed by atoms with Gasteiger partial charge >= 0.3 is 5.97 Å². The summed E-state index contributed by atoms with van der Waals surface area (Å²) in [7, 11) is 0. The molecule has 2 fully saturated rings. The molecule has 0 amide bonds. The lowest BCUT2D eigenvalue weighted by atomic mass is 9.61. The van der Waals surface area contributed by atoms with Crippen molar-refractivity contribution in [1.29, 1.82) is 0 Å². The van der Waals surface area contributed by atoms with Crippen LogP contribution in [0.25, 0.3) is 10.8 Å². The van der Waals surface area contributed by atoms with Crippen molar-refractivity contribution >= 4 is 45.8 Å². The number of Topliss-reactive ketones (excluding diaryl/α,β-unsaturated/α-hetero) is 1. The van der Waals surface area contributed by atoms with Gasteiger partial charge in [0.15, 0.2) is 12.5 Å². The molecule has 2 aromatic heterocycles. The number of ketones is 1. The van der Waals surface area contributed by atoms with Crippen molar-refractivity contribution in [3.8, 4) is 0 Å².